The Hall–Kier alpha value is -1.10. The van der Waals surface area contributed by atoms with Gasteiger partial charge in [0, 0.05) is 6.54 Å². The van der Waals surface area contributed by atoms with Crippen molar-refractivity contribution in [2.75, 3.05) is 11.9 Å². The van der Waals surface area contributed by atoms with Crippen LogP contribution < -0.4 is 11.1 Å². The molecule has 0 amide bonds. The Kier molecular flexibility index (Phi) is 2.43. The quantitative estimate of drug-likeness (QED) is 0.667. The van der Waals surface area contributed by atoms with Crippen LogP contribution in [0.4, 0.5) is 6.01 Å². The standard InChI is InChI=1S/C6H12N4O/c1-3-8-6-10-9-5(11-6)4(2)7/h4H,3,7H2,1-2H3,(H,8,10). The molecule has 11 heavy (non-hydrogen) atoms. The molecule has 0 aliphatic heterocycles. The van der Waals surface area contributed by atoms with Crippen LogP contribution in [0.15, 0.2) is 4.42 Å². The molecule has 5 nitrogen and oxygen atoms in total. The first-order valence-electron chi connectivity index (χ1n) is 3.57. The number of nitrogens with one attached hydrogen (secondary N) is 1. The van der Waals surface area contributed by atoms with Crippen LogP contribution in [0.1, 0.15) is 25.8 Å². The molecule has 0 aromatic carbocycles. The van der Waals surface area contributed by atoms with Gasteiger partial charge in [0.25, 0.3) is 0 Å². The molecule has 1 rings (SSSR count). The Bertz CT molecular complexity index is 220. The first-order chi connectivity index (χ1) is 5.24. The molecule has 0 fully saturated rings. The van der Waals surface area contributed by atoms with Gasteiger partial charge in [0.1, 0.15) is 0 Å². The van der Waals surface area contributed by atoms with Gasteiger partial charge in [0.05, 0.1) is 6.04 Å². The van der Waals surface area contributed by atoms with Crippen molar-refractivity contribution in [3.8, 4) is 0 Å². The SMILES string of the molecule is CCNc1nnc(C(C)N)o1. The average molecular weight is 156 g/mol. The third-order valence-electron chi connectivity index (χ3n) is 1.16. The minimum Gasteiger partial charge on any atom is -0.406 e. The lowest BCUT2D eigenvalue weighted by Gasteiger charge is -1.95. The second-order valence-corrected chi connectivity index (χ2v) is 2.26. The summed E-state index contributed by atoms with van der Waals surface area (Å²) in [4.78, 5) is 0. The molecule has 1 unspecified atom stereocenters. The van der Waals surface area contributed by atoms with Crippen molar-refractivity contribution in [1.82, 2.24) is 10.2 Å². The van der Waals surface area contributed by atoms with E-state index in [9.17, 15) is 0 Å². The Labute approximate surface area is 65.0 Å². The van der Waals surface area contributed by atoms with Crippen molar-refractivity contribution in [2.45, 2.75) is 19.9 Å². The molecule has 0 saturated carbocycles. The molecule has 1 heterocycles. The third-order valence-corrected chi connectivity index (χ3v) is 1.16. The van der Waals surface area contributed by atoms with E-state index in [1.165, 1.54) is 0 Å². The zero-order chi connectivity index (χ0) is 8.27. The molecule has 1 aromatic heterocycles. The summed E-state index contributed by atoms with van der Waals surface area (Å²) in [5, 5.41) is 10.3. The highest BCUT2D eigenvalue weighted by molar-refractivity contribution is 5.16. The zero-order valence-electron chi connectivity index (χ0n) is 6.66. The molecule has 0 spiro atoms. The molecule has 0 saturated heterocycles. The molecular formula is C6H12N4O. The largest absolute Gasteiger partial charge is 0.406 e. The molecule has 1 atom stereocenters. The summed E-state index contributed by atoms with van der Waals surface area (Å²) in [6.45, 7) is 4.51. The van der Waals surface area contributed by atoms with Crippen LogP contribution in [-0.4, -0.2) is 16.7 Å². The second-order valence-electron chi connectivity index (χ2n) is 2.26. The highest BCUT2D eigenvalue weighted by Crippen LogP contribution is 2.10. The van der Waals surface area contributed by atoms with Crippen LogP contribution in [0.2, 0.25) is 0 Å². The summed E-state index contributed by atoms with van der Waals surface area (Å²) < 4.78 is 5.13. The average Bonchev–Trinajstić information content (AvgIpc) is 2.37. The van der Waals surface area contributed by atoms with Gasteiger partial charge in [-0.3, -0.25) is 0 Å². The fourth-order valence-corrected chi connectivity index (χ4v) is 0.641. The predicted octanol–water partition coefficient (Wildman–Crippen LogP) is 0.521. The fourth-order valence-electron chi connectivity index (χ4n) is 0.641. The molecule has 3 N–H and O–H groups in total. The molecule has 0 bridgehead atoms. The number of hydrogen-bond donors (Lipinski definition) is 2. The summed E-state index contributed by atoms with van der Waals surface area (Å²) in [5.74, 6) is 0.459. The molecule has 5 heteroatoms. The number of rotatable bonds is 3. The summed E-state index contributed by atoms with van der Waals surface area (Å²) in [6, 6.07) is 0.231. The Morgan fingerprint density at radius 2 is 2.36 bits per heavy atom. The van der Waals surface area contributed by atoms with E-state index in [4.69, 9.17) is 10.2 Å². The molecule has 0 radical (unpaired) electrons. The van der Waals surface area contributed by atoms with Gasteiger partial charge < -0.3 is 15.5 Å². The summed E-state index contributed by atoms with van der Waals surface area (Å²) in [5.41, 5.74) is 5.50. The van der Waals surface area contributed by atoms with Gasteiger partial charge in [-0.2, -0.15) is 0 Å². The van der Waals surface area contributed by atoms with Crippen molar-refractivity contribution in [1.29, 1.82) is 0 Å². The maximum atomic E-state index is 5.50. The monoisotopic (exact) mass is 156 g/mol. The first kappa shape index (κ1) is 8.00. The molecular weight excluding hydrogens is 144 g/mol. The summed E-state index contributed by atoms with van der Waals surface area (Å²) in [7, 11) is 0. The van der Waals surface area contributed by atoms with E-state index in [-0.39, 0.29) is 6.04 Å². The highest BCUT2D eigenvalue weighted by Gasteiger charge is 2.07. The third kappa shape index (κ3) is 1.91. The molecule has 1 aromatic rings. The smallest absolute Gasteiger partial charge is 0.315 e. The van der Waals surface area contributed by atoms with Gasteiger partial charge in [0.15, 0.2) is 0 Å². The summed E-state index contributed by atoms with van der Waals surface area (Å²) >= 11 is 0. The van der Waals surface area contributed by atoms with Crippen LogP contribution in [-0.2, 0) is 0 Å². The van der Waals surface area contributed by atoms with E-state index in [1.54, 1.807) is 6.92 Å². The lowest BCUT2D eigenvalue weighted by molar-refractivity contribution is 0.473. The Balaban J connectivity index is 2.66. The number of hydrogen-bond acceptors (Lipinski definition) is 5. The summed E-state index contributed by atoms with van der Waals surface area (Å²) in [6.07, 6.45) is 0. The predicted molar refractivity (Wildman–Crippen MR) is 41.1 cm³/mol. The minimum absolute atomic E-state index is 0.199. The lowest BCUT2D eigenvalue weighted by atomic mass is 10.4. The highest BCUT2D eigenvalue weighted by atomic mass is 16.4. The van der Waals surface area contributed by atoms with Crippen molar-refractivity contribution >= 4 is 6.01 Å². The van der Waals surface area contributed by atoms with Gasteiger partial charge in [-0.25, -0.2) is 0 Å². The Morgan fingerprint density at radius 3 is 2.82 bits per heavy atom. The maximum Gasteiger partial charge on any atom is 0.315 e. The van der Waals surface area contributed by atoms with Gasteiger partial charge in [-0.05, 0) is 13.8 Å². The van der Waals surface area contributed by atoms with E-state index in [0.717, 1.165) is 6.54 Å². The first-order valence-corrected chi connectivity index (χ1v) is 3.57. The second kappa shape index (κ2) is 3.34. The van der Waals surface area contributed by atoms with Crippen LogP contribution >= 0.6 is 0 Å². The van der Waals surface area contributed by atoms with Gasteiger partial charge in [0.2, 0.25) is 5.89 Å². The number of aromatic nitrogens is 2. The van der Waals surface area contributed by atoms with Crippen LogP contribution in [0.5, 0.6) is 0 Å². The molecule has 62 valence electrons. The molecule has 0 aliphatic rings. The fraction of sp³-hybridized carbons (Fsp3) is 0.667. The van der Waals surface area contributed by atoms with Crippen molar-refractivity contribution in [2.24, 2.45) is 5.73 Å². The van der Waals surface area contributed by atoms with Gasteiger partial charge in [-0.1, -0.05) is 5.10 Å². The number of anilines is 1. The normalized spacial score (nSPS) is 13.0. The van der Waals surface area contributed by atoms with Crippen molar-refractivity contribution < 1.29 is 4.42 Å². The van der Waals surface area contributed by atoms with E-state index >= 15 is 0 Å². The lowest BCUT2D eigenvalue weighted by Crippen LogP contribution is -2.04. The van der Waals surface area contributed by atoms with Crippen LogP contribution in [0.25, 0.3) is 0 Å². The molecule has 0 aliphatic carbocycles. The number of nitrogens with two attached hydrogens (primary N) is 1. The van der Waals surface area contributed by atoms with E-state index < -0.39 is 0 Å². The number of nitrogens with zero attached hydrogens (tertiary/aromatic N) is 2. The van der Waals surface area contributed by atoms with Crippen LogP contribution in [0.3, 0.4) is 0 Å². The zero-order valence-corrected chi connectivity index (χ0v) is 6.66. The Morgan fingerprint density at radius 1 is 1.64 bits per heavy atom. The van der Waals surface area contributed by atoms with Crippen molar-refractivity contribution in [3.63, 3.8) is 0 Å². The van der Waals surface area contributed by atoms with Gasteiger partial charge >= 0.3 is 6.01 Å². The van der Waals surface area contributed by atoms with Crippen molar-refractivity contribution in [3.05, 3.63) is 5.89 Å². The van der Waals surface area contributed by atoms with E-state index in [2.05, 4.69) is 15.5 Å². The maximum absolute atomic E-state index is 5.50. The van der Waals surface area contributed by atoms with E-state index in [0.29, 0.717) is 11.9 Å². The van der Waals surface area contributed by atoms with E-state index in [1.807, 2.05) is 6.92 Å². The topological polar surface area (TPSA) is 77.0 Å². The van der Waals surface area contributed by atoms with Gasteiger partial charge in [-0.15, -0.1) is 5.10 Å². The van der Waals surface area contributed by atoms with Crippen LogP contribution in [0, 0.1) is 0 Å². The minimum atomic E-state index is -0.199.